The van der Waals surface area contributed by atoms with Crippen LogP contribution in [0, 0.1) is 0 Å². The Bertz CT molecular complexity index is 34.5. The Morgan fingerprint density at radius 3 is 1.50 bits per heavy atom. The van der Waals surface area contributed by atoms with Crippen molar-refractivity contribution in [3.63, 3.8) is 0 Å². The predicted octanol–water partition coefficient (Wildman–Crippen LogP) is -6.37. The van der Waals surface area contributed by atoms with Gasteiger partial charge in [0.05, 0.1) is 0 Å². The molecule has 3 N–H and O–H groups in total. The van der Waals surface area contributed by atoms with E-state index in [1.165, 1.54) is 0 Å². The molecule has 24 valence electrons. The summed E-state index contributed by atoms with van der Waals surface area (Å²) in [6, 6.07) is 0. The fourth-order valence-corrected chi connectivity index (χ4v) is 0. The van der Waals surface area contributed by atoms with Crippen LogP contribution in [0.25, 0.3) is 0 Å². The van der Waals surface area contributed by atoms with E-state index in [4.69, 9.17) is 9.90 Å². The van der Waals surface area contributed by atoms with Crippen LogP contribution in [-0.4, -0.2) is 11.2 Å². The molecule has 0 saturated heterocycles. The first kappa shape index (κ1) is 16.1. The van der Waals surface area contributed by atoms with E-state index in [2.05, 4.69) is 5.73 Å². The van der Waals surface area contributed by atoms with Gasteiger partial charge in [0.25, 0.3) is 0 Å². The van der Waals surface area contributed by atoms with Crippen LogP contribution in [0.5, 0.6) is 0 Å². The molecule has 0 bridgehead atoms. The van der Waals surface area contributed by atoms with E-state index in [-0.39, 0.29) is 37.7 Å². The first-order chi connectivity index (χ1) is 1.73. The molecular formula is CH3Li2NO2+2. The van der Waals surface area contributed by atoms with Crippen molar-refractivity contribution in [2.24, 2.45) is 5.73 Å². The van der Waals surface area contributed by atoms with Crippen molar-refractivity contribution in [1.82, 2.24) is 0 Å². The zero-order valence-electron chi connectivity index (χ0n) is 3.93. The van der Waals surface area contributed by atoms with Gasteiger partial charge in [0.2, 0.25) is 0 Å². The number of carboxylic acid groups (broad SMARTS) is 1. The summed E-state index contributed by atoms with van der Waals surface area (Å²) in [4.78, 5) is 8.78. The monoisotopic (exact) mass is 75.0 g/mol. The molecule has 0 aromatic carbocycles. The maximum atomic E-state index is 8.78. The first-order valence-corrected chi connectivity index (χ1v) is 0.716. The van der Waals surface area contributed by atoms with Crippen LogP contribution in [0.4, 0.5) is 4.79 Å². The standard InChI is InChI=1S/CH3NO2.2Li/c2-1(3)4;;/h2H2,(H,3,4);;/q;2*+1. The molecule has 3 nitrogen and oxygen atoms in total. The molecule has 0 aliphatic rings. The van der Waals surface area contributed by atoms with Gasteiger partial charge in [-0.15, -0.1) is 0 Å². The molecule has 5 heteroatoms. The van der Waals surface area contributed by atoms with Crippen LogP contribution >= 0.6 is 0 Å². The third-order valence-corrected chi connectivity index (χ3v) is 0. The van der Waals surface area contributed by atoms with E-state index in [9.17, 15) is 0 Å². The van der Waals surface area contributed by atoms with Crippen molar-refractivity contribution >= 4 is 6.09 Å². The van der Waals surface area contributed by atoms with E-state index in [1.54, 1.807) is 0 Å². The number of primary amides is 1. The van der Waals surface area contributed by atoms with Crippen molar-refractivity contribution in [2.75, 3.05) is 0 Å². The molecule has 0 spiro atoms. The average molecular weight is 74.9 g/mol. The fourth-order valence-electron chi connectivity index (χ4n) is 0. The summed E-state index contributed by atoms with van der Waals surface area (Å²) >= 11 is 0. The third-order valence-electron chi connectivity index (χ3n) is 0. The Morgan fingerprint density at radius 1 is 1.50 bits per heavy atom. The van der Waals surface area contributed by atoms with Gasteiger partial charge in [0, 0.05) is 0 Å². The molecule has 0 aromatic rings. The Hall–Kier alpha value is 0.465. The van der Waals surface area contributed by atoms with Crippen LogP contribution in [0.3, 0.4) is 0 Å². The van der Waals surface area contributed by atoms with Gasteiger partial charge in [-0.05, 0) is 0 Å². The first-order valence-electron chi connectivity index (χ1n) is 0.716. The molecule has 0 rings (SSSR count). The molecule has 0 radical (unpaired) electrons. The molecule has 0 saturated carbocycles. The van der Waals surface area contributed by atoms with Gasteiger partial charge in [0.1, 0.15) is 0 Å². The Morgan fingerprint density at radius 2 is 1.50 bits per heavy atom. The molecule has 0 aliphatic heterocycles. The van der Waals surface area contributed by atoms with Crippen molar-refractivity contribution in [3.8, 4) is 0 Å². The van der Waals surface area contributed by atoms with Gasteiger partial charge in [0.15, 0.2) is 0 Å². The summed E-state index contributed by atoms with van der Waals surface area (Å²) < 4.78 is 0. The maximum absolute atomic E-state index is 8.78. The summed E-state index contributed by atoms with van der Waals surface area (Å²) in [5.74, 6) is 0. The SMILES string of the molecule is NC(=O)O.[Li+].[Li+]. The molecule has 0 atom stereocenters. The summed E-state index contributed by atoms with van der Waals surface area (Å²) in [7, 11) is 0. The van der Waals surface area contributed by atoms with E-state index in [1.807, 2.05) is 0 Å². The second-order valence-corrected chi connectivity index (χ2v) is 0.338. The van der Waals surface area contributed by atoms with Crippen LogP contribution in [0.2, 0.25) is 0 Å². The zero-order chi connectivity index (χ0) is 3.58. The van der Waals surface area contributed by atoms with Crippen LogP contribution < -0.4 is 43.5 Å². The van der Waals surface area contributed by atoms with Crippen molar-refractivity contribution in [1.29, 1.82) is 0 Å². The smallest absolute Gasteiger partial charge is 0.465 e. The second kappa shape index (κ2) is 9.07. The van der Waals surface area contributed by atoms with Crippen molar-refractivity contribution in [3.05, 3.63) is 0 Å². The number of rotatable bonds is 0. The topological polar surface area (TPSA) is 63.3 Å². The Labute approximate surface area is 59.6 Å². The Kier molecular flexibility index (Phi) is 24.3. The van der Waals surface area contributed by atoms with Crippen LogP contribution in [-0.2, 0) is 0 Å². The van der Waals surface area contributed by atoms with E-state index in [0.29, 0.717) is 0 Å². The Balaban J connectivity index is -0.0000000450. The molecule has 0 aromatic heterocycles. The van der Waals surface area contributed by atoms with Crippen LogP contribution in [0.1, 0.15) is 0 Å². The number of amides is 1. The summed E-state index contributed by atoms with van der Waals surface area (Å²) in [5.41, 5.74) is 4.03. The van der Waals surface area contributed by atoms with Crippen LogP contribution in [0.15, 0.2) is 0 Å². The molecule has 1 amide bonds. The fraction of sp³-hybridized carbons (Fsp3) is 0. The molecular weight excluding hydrogens is 71.9 g/mol. The van der Waals surface area contributed by atoms with Gasteiger partial charge in [-0.3, -0.25) is 0 Å². The van der Waals surface area contributed by atoms with Gasteiger partial charge >= 0.3 is 43.8 Å². The van der Waals surface area contributed by atoms with E-state index >= 15 is 0 Å². The minimum Gasteiger partial charge on any atom is -0.465 e. The minimum atomic E-state index is -1.33. The predicted molar refractivity (Wildman–Crippen MR) is 12.2 cm³/mol. The summed E-state index contributed by atoms with van der Waals surface area (Å²) in [6.07, 6.45) is -1.33. The maximum Gasteiger partial charge on any atom is 1.00 e. The molecule has 0 unspecified atom stereocenters. The summed E-state index contributed by atoms with van der Waals surface area (Å²) in [6.45, 7) is 0. The molecule has 0 fully saturated rings. The largest absolute Gasteiger partial charge is 1.00 e. The van der Waals surface area contributed by atoms with Gasteiger partial charge < -0.3 is 10.8 Å². The molecule has 0 heterocycles. The minimum absolute atomic E-state index is 0. The molecule has 6 heavy (non-hydrogen) atoms. The number of hydrogen-bond donors (Lipinski definition) is 2. The van der Waals surface area contributed by atoms with Gasteiger partial charge in [-0.25, -0.2) is 4.79 Å². The third kappa shape index (κ3) is 248. The van der Waals surface area contributed by atoms with Gasteiger partial charge in [-0.1, -0.05) is 0 Å². The van der Waals surface area contributed by atoms with Crippen molar-refractivity contribution in [2.45, 2.75) is 0 Å². The average Bonchev–Trinajstić information content (AvgIpc) is 0.811. The normalized spacial score (nSPS) is 4.00. The zero-order valence-corrected chi connectivity index (χ0v) is 3.93. The number of nitrogens with two attached hydrogens (primary N) is 1. The number of carbonyl (C=O) groups is 1. The van der Waals surface area contributed by atoms with E-state index < -0.39 is 6.09 Å². The summed E-state index contributed by atoms with van der Waals surface area (Å²) in [5, 5.41) is 7.19. The quantitative estimate of drug-likeness (QED) is 0.281. The second-order valence-electron chi connectivity index (χ2n) is 0.338. The van der Waals surface area contributed by atoms with E-state index in [0.717, 1.165) is 0 Å². The van der Waals surface area contributed by atoms with Gasteiger partial charge in [-0.2, -0.15) is 0 Å². The van der Waals surface area contributed by atoms with Crippen molar-refractivity contribution < 1.29 is 47.6 Å². The number of hydrogen-bond acceptors (Lipinski definition) is 1. The molecule has 0 aliphatic carbocycles.